The average Bonchev–Trinajstić information content (AvgIpc) is 3.17. The summed E-state index contributed by atoms with van der Waals surface area (Å²) in [5.41, 5.74) is 1.50. The normalized spacial score (nSPS) is 12.5. The lowest BCUT2D eigenvalue weighted by Gasteiger charge is -2.20. The van der Waals surface area contributed by atoms with Gasteiger partial charge in [0.2, 0.25) is 0 Å². The topological polar surface area (TPSA) is 55.4 Å². The smallest absolute Gasteiger partial charge is 0.407 e. The van der Waals surface area contributed by atoms with E-state index in [-0.39, 0.29) is 5.78 Å². The van der Waals surface area contributed by atoms with Crippen LogP contribution < -0.4 is 5.32 Å². The highest BCUT2D eigenvalue weighted by molar-refractivity contribution is 7.10. The lowest BCUT2D eigenvalue weighted by molar-refractivity contribution is -0.115. The van der Waals surface area contributed by atoms with Crippen LogP contribution in [0.25, 0.3) is 6.08 Å². The summed E-state index contributed by atoms with van der Waals surface area (Å²) >= 11 is 1.50. The van der Waals surface area contributed by atoms with Crippen LogP contribution in [0.5, 0.6) is 0 Å². The van der Waals surface area contributed by atoms with Gasteiger partial charge in [0.25, 0.3) is 0 Å². The summed E-state index contributed by atoms with van der Waals surface area (Å²) in [6.45, 7) is 2.05. The van der Waals surface area contributed by atoms with Crippen molar-refractivity contribution in [2.45, 2.75) is 32.2 Å². The van der Waals surface area contributed by atoms with Gasteiger partial charge in [-0.05, 0) is 29.5 Å². The third kappa shape index (κ3) is 5.57. The number of thiophene rings is 1. The minimum atomic E-state index is -0.555. The number of nitrogens with one attached hydrogen (secondary N) is 1. The third-order valence-corrected chi connectivity index (χ3v) is 4.72. The minimum absolute atomic E-state index is 0.0421. The summed E-state index contributed by atoms with van der Waals surface area (Å²) in [4.78, 5) is 25.6. The van der Waals surface area contributed by atoms with E-state index in [1.807, 2.05) is 53.9 Å². The second-order valence-corrected chi connectivity index (χ2v) is 6.60. The number of Topliss-reactive ketones (excluding diaryl/α,β-unsaturated/α-hetero) is 1. The number of methoxy groups -OCH3 is 1. The van der Waals surface area contributed by atoms with Gasteiger partial charge in [0.05, 0.1) is 13.2 Å². The second kappa shape index (κ2) is 9.79. The van der Waals surface area contributed by atoms with Crippen LogP contribution in [0.15, 0.2) is 53.4 Å². The molecule has 0 saturated heterocycles. The number of carbonyl (C=O) groups excluding carboxylic acids is 2. The number of rotatable bonds is 8. The molecular formula is C20H23NO3S. The van der Waals surface area contributed by atoms with Gasteiger partial charge in [-0.3, -0.25) is 4.79 Å². The number of ketones is 1. The molecule has 0 radical (unpaired) electrons. The zero-order chi connectivity index (χ0) is 18.1. The highest BCUT2D eigenvalue weighted by atomic mass is 32.1. The van der Waals surface area contributed by atoms with Crippen LogP contribution in [-0.4, -0.2) is 19.0 Å². The Labute approximate surface area is 152 Å². The summed E-state index contributed by atoms with van der Waals surface area (Å²) in [5, 5.41) is 4.74. The van der Waals surface area contributed by atoms with Gasteiger partial charge < -0.3 is 10.1 Å². The first-order valence-electron chi connectivity index (χ1n) is 8.33. The van der Waals surface area contributed by atoms with E-state index in [4.69, 9.17) is 4.74 Å². The number of benzene rings is 1. The van der Waals surface area contributed by atoms with E-state index >= 15 is 0 Å². The molecule has 1 amide bonds. The van der Waals surface area contributed by atoms with Crippen LogP contribution in [0.4, 0.5) is 4.79 Å². The van der Waals surface area contributed by atoms with Crippen molar-refractivity contribution < 1.29 is 14.3 Å². The highest BCUT2D eigenvalue weighted by Gasteiger charge is 2.25. The maximum absolute atomic E-state index is 12.9. The van der Waals surface area contributed by atoms with Gasteiger partial charge in [-0.1, -0.05) is 49.7 Å². The highest BCUT2D eigenvalue weighted by Crippen LogP contribution is 2.29. The number of carbonyl (C=O) groups is 2. The zero-order valence-electron chi connectivity index (χ0n) is 14.5. The molecule has 1 N–H and O–H groups in total. The Bertz CT molecular complexity index is 708. The molecule has 5 heteroatoms. The minimum Gasteiger partial charge on any atom is -0.453 e. The molecule has 1 aromatic carbocycles. The zero-order valence-corrected chi connectivity index (χ0v) is 15.3. The molecule has 25 heavy (non-hydrogen) atoms. The Balaban J connectivity index is 2.43. The molecule has 0 aliphatic carbocycles. The van der Waals surface area contributed by atoms with Crippen molar-refractivity contribution in [3.05, 3.63) is 63.9 Å². The first kappa shape index (κ1) is 18.9. The van der Waals surface area contributed by atoms with Gasteiger partial charge in [0, 0.05) is 16.9 Å². The maximum atomic E-state index is 12.9. The van der Waals surface area contributed by atoms with Crippen molar-refractivity contribution in [3.63, 3.8) is 0 Å². The summed E-state index contributed by atoms with van der Waals surface area (Å²) in [6.07, 6.45) is 3.53. The van der Waals surface area contributed by atoms with Crippen molar-refractivity contribution in [2.24, 2.45) is 0 Å². The van der Waals surface area contributed by atoms with Gasteiger partial charge in [-0.15, -0.1) is 11.3 Å². The Hall–Kier alpha value is -2.40. The van der Waals surface area contributed by atoms with Crippen LogP contribution in [0, 0.1) is 0 Å². The van der Waals surface area contributed by atoms with E-state index in [1.54, 1.807) is 0 Å². The Morgan fingerprint density at radius 3 is 2.56 bits per heavy atom. The van der Waals surface area contributed by atoms with E-state index in [0.29, 0.717) is 12.0 Å². The van der Waals surface area contributed by atoms with Crippen LogP contribution in [-0.2, 0) is 9.53 Å². The molecule has 1 atom stereocenters. The molecular weight excluding hydrogens is 334 g/mol. The molecule has 0 spiro atoms. The molecule has 1 unspecified atom stereocenters. The van der Waals surface area contributed by atoms with Crippen molar-refractivity contribution >= 4 is 29.3 Å². The molecule has 0 aliphatic rings. The van der Waals surface area contributed by atoms with Crippen molar-refractivity contribution in [1.82, 2.24) is 5.32 Å². The quantitative estimate of drug-likeness (QED) is 0.677. The largest absolute Gasteiger partial charge is 0.453 e. The van der Waals surface area contributed by atoms with Crippen LogP contribution >= 0.6 is 11.3 Å². The van der Waals surface area contributed by atoms with Crippen LogP contribution in [0.2, 0.25) is 0 Å². The molecule has 0 aliphatic heterocycles. The molecule has 2 rings (SSSR count). The summed E-state index contributed by atoms with van der Waals surface area (Å²) in [6, 6.07) is 13.0. The van der Waals surface area contributed by atoms with E-state index in [9.17, 15) is 9.59 Å². The van der Waals surface area contributed by atoms with Crippen LogP contribution in [0.3, 0.4) is 0 Å². The molecule has 132 valence electrons. The average molecular weight is 357 g/mol. The van der Waals surface area contributed by atoms with E-state index in [0.717, 1.165) is 23.3 Å². The third-order valence-electron chi connectivity index (χ3n) is 3.79. The standard InChI is InChI=1S/C20H23NO3S/c1-3-4-11-17(22)16(14-15-9-6-5-7-10-15)19(21-20(23)24-2)18-12-8-13-25-18/h5-10,12-14,19H,3-4,11H2,1-2H3,(H,21,23)/b16-14-. The predicted molar refractivity (Wildman–Crippen MR) is 102 cm³/mol. The van der Waals surface area contributed by atoms with Gasteiger partial charge >= 0.3 is 6.09 Å². The number of ether oxygens (including phenoxy) is 1. The predicted octanol–water partition coefficient (Wildman–Crippen LogP) is 4.99. The molecule has 0 bridgehead atoms. The molecule has 0 saturated carbocycles. The van der Waals surface area contributed by atoms with E-state index in [2.05, 4.69) is 12.2 Å². The lowest BCUT2D eigenvalue weighted by Crippen LogP contribution is -2.31. The Morgan fingerprint density at radius 2 is 1.96 bits per heavy atom. The number of unbranched alkanes of at least 4 members (excludes halogenated alkanes) is 1. The van der Waals surface area contributed by atoms with E-state index < -0.39 is 12.1 Å². The summed E-state index contributed by atoms with van der Waals surface area (Å²) in [5.74, 6) is 0.0421. The van der Waals surface area contributed by atoms with Crippen molar-refractivity contribution in [2.75, 3.05) is 7.11 Å². The van der Waals surface area contributed by atoms with E-state index in [1.165, 1.54) is 18.4 Å². The second-order valence-electron chi connectivity index (χ2n) is 5.62. The number of amides is 1. The summed E-state index contributed by atoms with van der Waals surface area (Å²) in [7, 11) is 1.32. The van der Waals surface area contributed by atoms with Crippen LogP contribution in [0.1, 0.15) is 42.7 Å². The molecule has 2 aromatic rings. The fraction of sp³-hybridized carbons (Fsp3) is 0.300. The Kier molecular flexibility index (Phi) is 7.41. The van der Waals surface area contributed by atoms with Crippen molar-refractivity contribution in [1.29, 1.82) is 0 Å². The fourth-order valence-electron chi connectivity index (χ4n) is 2.47. The first-order valence-corrected chi connectivity index (χ1v) is 9.21. The maximum Gasteiger partial charge on any atom is 0.407 e. The molecule has 1 aromatic heterocycles. The monoisotopic (exact) mass is 357 g/mol. The molecule has 0 fully saturated rings. The number of hydrogen-bond acceptors (Lipinski definition) is 4. The van der Waals surface area contributed by atoms with Gasteiger partial charge in [0.1, 0.15) is 0 Å². The lowest BCUT2D eigenvalue weighted by atomic mass is 9.95. The van der Waals surface area contributed by atoms with Crippen molar-refractivity contribution in [3.8, 4) is 0 Å². The van der Waals surface area contributed by atoms with Gasteiger partial charge in [0.15, 0.2) is 5.78 Å². The van der Waals surface area contributed by atoms with Gasteiger partial charge in [-0.2, -0.15) is 0 Å². The number of hydrogen-bond donors (Lipinski definition) is 1. The molecule has 1 heterocycles. The summed E-state index contributed by atoms with van der Waals surface area (Å²) < 4.78 is 4.76. The van der Waals surface area contributed by atoms with Gasteiger partial charge in [-0.25, -0.2) is 4.79 Å². The molecule has 4 nitrogen and oxygen atoms in total. The number of alkyl carbamates (subject to hydrolysis) is 1. The fourth-order valence-corrected chi connectivity index (χ4v) is 3.26. The first-order chi connectivity index (χ1) is 12.2. The SMILES string of the molecule is CCCCC(=O)/C(=C/c1ccccc1)C(NC(=O)OC)c1cccs1. The Morgan fingerprint density at radius 1 is 1.20 bits per heavy atom.